The second-order valence-corrected chi connectivity index (χ2v) is 8.83. The van der Waals surface area contributed by atoms with Crippen LogP contribution in [0.4, 0.5) is 5.82 Å². The van der Waals surface area contributed by atoms with Gasteiger partial charge in [0.2, 0.25) is 5.91 Å². The molecule has 2 fully saturated rings. The number of likely N-dealkylation sites (tertiary alicyclic amines) is 1. The van der Waals surface area contributed by atoms with Crippen molar-refractivity contribution < 1.29 is 14.6 Å². The molecule has 2 saturated heterocycles. The number of methoxy groups -OCH3 is 1. The van der Waals surface area contributed by atoms with Gasteiger partial charge in [0.25, 0.3) is 0 Å². The third kappa shape index (κ3) is 5.71. The molecule has 1 N–H and O–H groups in total. The number of rotatable bonds is 7. The van der Waals surface area contributed by atoms with E-state index in [9.17, 15) is 9.90 Å². The number of aromatic nitrogens is 1. The number of hydrogen-bond acceptors (Lipinski definition) is 6. The van der Waals surface area contributed by atoms with Crippen LogP contribution in [0.1, 0.15) is 31.2 Å². The van der Waals surface area contributed by atoms with Gasteiger partial charge in [-0.15, -0.1) is 0 Å². The van der Waals surface area contributed by atoms with Gasteiger partial charge in [0.05, 0.1) is 7.11 Å². The van der Waals surface area contributed by atoms with Gasteiger partial charge in [0, 0.05) is 63.5 Å². The number of nitrogens with zero attached hydrogens (tertiary/aromatic N) is 4. The molecule has 2 aliphatic rings. The van der Waals surface area contributed by atoms with Crippen molar-refractivity contribution in [1.29, 1.82) is 0 Å². The molecule has 1 atom stereocenters. The summed E-state index contributed by atoms with van der Waals surface area (Å²) in [7, 11) is 1.60. The molecular weight excluding hydrogens is 404 g/mol. The summed E-state index contributed by atoms with van der Waals surface area (Å²) in [6, 6.07) is 11.5. The molecule has 0 bridgehead atoms. The van der Waals surface area contributed by atoms with E-state index < -0.39 is 0 Å². The van der Waals surface area contributed by atoms with E-state index in [-0.39, 0.29) is 11.7 Å². The number of pyridine rings is 1. The van der Waals surface area contributed by atoms with Gasteiger partial charge in [0.1, 0.15) is 17.3 Å². The van der Waals surface area contributed by atoms with Crippen molar-refractivity contribution in [2.45, 2.75) is 32.2 Å². The first-order chi connectivity index (χ1) is 15.6. The van der Waals surface area contributed by atoms with Crippen molar-refractivity contribution in [2.75, 3.05) is 51.3 Å². The zero-order valence-electron chi connectivity index (χ0n) is 18.9. The zero-order valence-corrected chi connectivity index (χ0v) is 18.9. The topological polar surface area (TPSA) is 69.1 Å². The number of phenols is 1. The van der Waals surface area contributed by atoms with Crippen LogP contribution in [0.5, 0.6) is 11.5 Å². The summed E-state index contributed by atoms with van der Waals surface area (Å²) in [5.41, 5.74) is 0.924. The number of hydrogen-bond donors (Lipinski definition) is 1. The first-order valence-corrected chi connectivity index (χ1v) is 11.6. The molecule has 3 heterocycles. The number of amides is 1. The lowest BCUT2D eigenvalue weighted by atomic mass is 9.92. The fraction of sp³-hybridized carbons (Fsp3) is 0.520. The van der Waals surface area contributed by atoms with Crippen molar-refractivity contribution in [3.05, 3.63) is 48.2 Å². The van der Waals surface area contributed by atoms with Gasteiger partial charge >= 0.3 is 0 Å². The maximum atomic E-state index is 12.8. The van der Waals surface area contributed by atoms with Crippen molar-refractivity contribution in [2.24, 2.45) is 5.92 Å². The minimum Gasteiger partial charge on any atom is -0.507 e. The fourth-order valence-electron chi connectivity index (χ4n) is 4.79. The van der Waals surface area contributed by atoms with E-state index in [0.717, 1.165) is 70.0 Å². The molecule has 1 amide bonds. The number of piperidine rings is 1. The SMILES string of the molecule is COc1ccc(CN2CCC[C@H](CCC(=O)N3CCN(c4ccccn4)CC3)C2)c(O)c1. The van der Waals surface area contributed by atoms with Gasteiger partial charge in [-0.1, -0.05) is 12.1 Å². The maximum Gasteiger partial charge on any atom is 0.222 e. The summed E-state index contributed by atoms with van der Waals surface area (Å²) >= 11 is 0. The standard InChI is InChI=1S/C25H34N4O3/c1-32-22-9-8-21(23(30)17-22)19-27-12-4-5-20(18-27)7-10-25(31)29-15-13-28(14-16-29)24-6-2-3-11-26-24/h2-3,6,8-9,11,17,20,30H,4-5,7,10,12-16,18-19H2,1H3/t20-/m1/s1. The number of phenolic OH excluding ortho intramolecular Hbond substituents is 1. The van der Waals surface area contributed by atoms with E-state index in [2.05, 4.69) is 14.8 Å². The average Bonchev–Trinajstić information content (AvgIpc) is 2.84. The lowest BCUT2D eigenvalue weighted by Crippen LogP contribution is -2.49. The highest BCUT2D eigenvalue weighted by atomic mass is 16.5. The normalized spacial score (nSPS) is 19.7. The van der Waals surface area contributed by atoms with E-state index in [0.29, 0.717) is 18.1 Å². The number of aromatic hydroxyl groups is 1. The van der Waals surface area contributed by atoms with Crippen LogP contribution in [0.2, 0.25) is 0 Å². The first kappa shape index (κ1) is 22.4. The van der Waals surface area contributed by atoms with Crippen LogP contribution in [0.25, 0.3) is 0 Å². The quantitative estimate of drug-likeness (QED) is 0.716. The van der Waals surface area contributed by atoms with Crippen LogP contribution >= 0.6 is 0 Å². The van der Waals surface area contributed by atoms with Gasteiger partial charge < -0.3 is 19.6 Å². The van der Waals surface area contributed by atoms with Crippen LogP contribution in [-0.4, -0.2) is 72.2 Å². The van der Waals surface area contributed by atoms with Crippen LogP contribution in [0.15, 0.2) is 42.6 Å². The Morgan fingerprint density at radius 2 is 2.00 bits per heavy atom. The second-order valence-electron chi connectivity index (χ2n) is 8.83. The average molecular weight is 439 g/mol. The molecule has 0 aliphatic carbocycles. The van der Waals surface area contributed by atoms with E-state index in [1.54, 1.807) is 13.2 Å². The van der Waals surface area contributed by atoms with Crippen LogP contribution in [0.3, 0.4) is 0 Å². The molecule has 7 heteroatoms. The molecular formula is C25H34N4O3. The summed E-state index contributed by atoms with van der Waals surface area (Å²) in [5, 5.41) is 10.3. The minimum absolute atomic E-state index is 0.274. The number of piperazine rings is 1. The summed E-state index contributed by atoms with van der Waals surface area (Å²) in [4.78, 5) is 23.9. The summed E-state index contributed by atoms with van der Waals surface area (Å²) in [6.07, 6.45) is 5.68. The van der Waals surface area contributed by atoms with E-state index in [4.69, 9.17) is 4.74 Å². The first-order valence-electron chi connectivity index (χ1n) is 11.6. The Morgan fingerprint density at radius 1 is 1.16 bits per heavy atom. The number of carbonyl (C=O) groups excluding carboxylic acids is 1. The number of benzene rings is 1. The van der Waals surface area contributed by atoms with Gasteiger partial charge in [0.15, 0.2) is 0 Å². The Morgan fingerprint density at radius 3 is 2.72 bits per heavy atom. The van der Waals surface area contributed by atoms with Gasteiger partial charge in [-0.3, -0.25) is 9.69 Å². The predicted molar refractivity (Wildman–Crippen MR) is 125 cm³/mol. The number of carbonyl (C=O) groups is 1. The van der Waals surface area contributed by atoms with Gasteiger partial charge in [-0.25, -0.2) is 4.98 Å². The highest BCUT2D eigenvalue weighted by Gasteiger charge is 2.25. The Balaban J connectivity index is 1.21. The lowest BCUT2D eigenvalue weighted by molar-refractivity contribution is -0.131. The largest absolute Gasteiger partial charge is 0.507 e. The molecule has 0 unspecified atom stereocenters. The Bertz CT molecular complexity index is 884. The highest BCUT2D eigenvalue weighted by molar-refractivity contribution is 5.76. The maximum absolute atomic E-state index is 12.8. The van der Waals surface area contributed by atoms with Crippen molar-refractivity contribution in [1.82, 2.24) is 14.8 Å². The molecule has 2 aromatic rings. The molecule has 0 spiro atoms. The molecule has 4 rings (SSSR count). The highest BCUT2D eigenvalue weighted by Crippen LogP contribution is 2.28. The van der Waals surface area contributed by atoms with Crippen molar-refractivity contribution >= 4 is 11.7 Å². The zero-order chi connectivity index (χ0) is 22.3. The van der Waals surface area contributed by atoms with Crippen LogP contribution in [0, 0.1) is 5.92 Å². The Hall–Kier alpha value is -2.80. The number of anilines is 1. The Labute approximate surface area is 190 Å². The van der Waals surface area contributed by atoms with E-state index in [1.165, 1.54) is 6.42 Å². The van der Waals surface area contributed by atoms with E-state index in [1.807, 2.05) is 41.4 Å². The molecule has 0 saturated carbocycles. The second kappa shape index (κ2) is 10.7. The summed E-state index contributed by atoms with van der Waals surface area (Å²) < 4.78 is 5.17. The summed E-state index contributed by atoms with van der Waals surface area (Å²) in [6.45, 7) is 5.95. The summed E-state index contributed by atoms with van der Waals surface area (Å²) in [5.74, 6) is 2.75. The monoisotopic (exact) mass is 438 g/mol. The lowest BCUT2D eigenvalue weighted by Gasteiger charge is -2.36. The van der Waals surface area contributed by atoms with E-state index >= 15 is 0 Å². The van der Waals surface area contributed by atoms with Crippen LogP contribution in [-0.2, 0) is 11.3 Å². The minimum atomic E-state index is 0.274. The van der Waals surface area contributed by atoms with Crippen molar-refractivity contribution in [3.63, 3.8) is 0 Å². The molecule has 1 aromatic heterocycles. The third-order valence-electron chi connectivity index (χ3n) is 6.66. The van der Waals surface area contributed by atoms with Gasteiger partial charge in [-0.05, 0) is 49.9 Å². The fourth-order valence-corrected chi connectivity index (χ4v) is 4.79. The molecule has 172 valence electrons. The molecule has 32 heavy (non-hydrogen) atoms. The smallest absolute Gasteiger partial charge is 0.222 e. The van der Waals surface area contributed by atoms with Crippen LogP contribution < -0.4 is 9.64 Å². The molecule has 1 aromatic carbocycles. The third-order valence-corrected chi connectivity index (χ3v) is 6.66. The molecule has 2 aliphatic heterocycles. The number of ether oxygens (including phenoxy) is 1. The van der Waals surface area contributed by atoms with Gasteiger partial charge in [-0.2, -0.15) is 0 Å². The van der Waals surface area contributed by atoms with Crippen molar-refractivity contribution in [3.8, 4) is 11.5 Å². The molecule has 7 nitrogen and oxygen atoms in total. The molecule has 0 radical (unpaired) electrons. The predicted octanol–water partition coefficient (Wildman–Crippen LogP) is 3.14. The Kier molecular flexibility index (Phi) is 7.47.